The number of benzene rings is 1. The minimum absolute atomic E-state index is 0. The fraction of sp³-hybridized carbons (Fsp3) is 0.588. The van der Waals surface area contributed by atoms with Crippen LogP contribution in [0.2, 0.25) is 0 Å². The van der Waals surface area contributed by atoms with Crippen LogP contribution in [0.1, 0.15) is 30.9 Å². The van der Waals surface area contributed by atoms with Gasteiger partial charge in [0.05, 0.1) is 0 Å². The van der Waals surface area contributed by atoms with Crippen LogP contribution in [0.15, 0.2) is 29.3 Å². The van der Waals surface area contributed by atoms with Crippen molar-refractivity contribution in [3.8, 4) is 0 Å². The fourth-order valence-corrected chi connectivity index (χ4v) is 2.46. The van der Waals surface area contributed by atoms with Crippen molar-refractivity contribution in [1.82, 2.24) is 15.5 Å². The molecule has 1 fully saturated rings. The Morgan fingerprint density at radius 3 is 2.68 bits per heavy atom. The second kappa shape index (κ2) is 9.35. The molecule has 4 nitrogen and oxygen atoms in total. The van der Waals surface area contributed by atoms with Crippen LogP contribution in [0.3, 0.4) is 0 Å². The van der Waals surface area contributed by atoms with Gasteiger partial charge in [-0.2, -0.15) is 0 Å². The third kappa shape index (κ3) is 6.12. The molecule has 1 aromatic carbocycles. The summed E-state index contributed by atoms with van der Waals surface area (Å²) >= 11 is 0. The lowest BCUT2D eigenvalue weighted by Crippen LogP contribution is -2.45. The summed E-state index contributed by atoms with van der Waals surface area (Å²) in [5.41, 5.74) is 2.57. The van der Waals surface area contributed by atoms with Crippen LogP contribution in [0.5, 0.6) is 0 Å². The highest BCUT2D eigenvalue weighted by Crippen LogP contribution is 2.26. The zero-order valence-electron chi connectivity index (χ0n) is 14.1. The van der Waals surface area contributed by atoms with Crippen LogP contribution in [-0.4, -0.2) is 43.6 Å². The van der Waals surface area contributed by atoms with Crippen molar-refractivity contribution in [1.29, 1.82) is 0 Å². The summed E-state index contributed by atoms with van der Waals surface area (Å²) in [5.74, 6) is 0.868. The topological polar surface area (TPSA) is 39.7 Å². The summed E-state index contributed by atoms with van der Waals surface area (Å²) in [4.78, 5) is 6.75. The van der Waals surface area contributed by atoms with Gasteiger partial charge in [-0.1, -0.05) is 29.8 Å². The van der Waals surface area contributed by atoms with Gasteiger partial charge < -0.3 is 10.6 Å². The highest BCUT2D eigenvalue weighted by atomic mass is 127. The highest BCUT2D eigenvalue weighted by molar-refractivity contribution is 14.0. The Kier molecular flexibility index (Phi) is 8.17. The molecule has 1 aliphatic carbocycles. The largest absolute Gasteiger partial charge is 0.355 e. The van der Waals surface area contributed by atoms with Gasteiger partial charge in [0.1, 0.15) is 0 Å². The average Bonchev–Trinajstić information content (AvgIpc) is 3.31. The first kappa shape index (κ1) is 19.2. The van der Waals surface area contributed by atoms with E-state index in [0.717, 1.165) is 25.1 Å². The predicted octanol–water partition coefficient (Wildman–Crippen LogP) is 2.76. The van der Waals surface area contributed by atoms with Gasteiger partial charge in [-0.15, -0.1) is 24.0 Å². The number of likely N-dealkylation sites (N-methyl/N-ethyl adjacent to an activating group) is 1. The number of guanidine groups is 1. The van der Waals surface area contributed by atoms with Gasteiger partial charge in [0, 0.05) is 32.2 Å². The summed E-state index contributed by atoms with van der Waals surface area (Å²) in [6.07, 6.45) is 2.70. The summed E-state index contributed by atoms with van der Waals surface area (Å²) < 4.78 is 0. The molecule has 124 valence electrons. The average molecular weight is 416 g/mol. The Morgan fingerprint density at radius 1 is 1.36 bits per heavy atom. The molecule has 0 spiro atoms. The van der Waals surface area contributed by atoms with Gasteiger partial charge in [0.15, 0.2) is 5.96 Å². The molecule has 5 heteroatoms. The van der Waals surface area contributed by atoms with Crippen LogP contribution in [-0.2, 0) is 6.54 Å². The van der Waals surface area contributed by atoms with E-state index in [4.69, 9.17) is 0 Å². The first-order valence-electron chi connectivity index (χ1n) is 7.82. The van der Waals surface area contributed by atoms with Gasteiger partial charge in [-0.25, -0.2) is 0 Å². The second-order valence-electron chi connectivity index (χ2n) is 6.04. The van der Waals surface area contributed by atoms with Crippen molar-refractivity contribution in [2.24, 2.45) is 4.99 Å². The van der Waals surface area contributed by atoms with Crippen LogP contribution in [0, 0.1) is 6.92 Å². The molecule has 1 aromatic rings. The zero-order chi connectivity index (χ0) is 15.2. The lowest BCUT2D eigenvalue weighted by atomic mass is 10.1. The standard InChI is InChI=1S/C17H28N4.HI/c1-13-6-5-7-15(10-13)12-20-17(18-3)19-11-14(2)21(4)16-8-9-16;/h5-7,10,14,16H,8-9,11-12H2,1-4H3,(H2,18,19,20);1H. The Bertz CT molecular complexity index is 485. The number of hydrogen-bond donors (Lipinski definition) is 2. The van der Waals surface area contributed by atoms with Crippen molar-refractivity contribution < 1.29 is 0 Å². The molecule has 0 heterocycles. The van der Waals surface area contributed by atoms with E-state index in [1.807, 2.05) is 7.05 Å². The third-order valence-electron chi connectivity index (χ3n) is 4.15. The Hall–Kier alpha value is -0.820. The molecule has 0 bridgehead atoms. The SMILES string of the molecule is CN=C(NCc1cccc(C)c1)NCC(C)N(C)C1CC1.I. The molecule has 0 amide bonds. The number of nitrogens with zero attached hydrogens (tertiary/aromatic N) is 2. The van der Waals surface area contributed by atoms with E-state index in [1.165, 1.54) is 24.0 Å². The van der Waals surface area contributed by atoms with Crippen LogP contribution >= 0.6 is 24.0 Å². The third-order valence-corrected chi connectivity index (χ3v) is 4.15. The molecule has 1 unspecified atom stereocenters. The number of aliphatic imine (C=N–C) groups is 1. The maximum atomic E-state index is 4.29. The highest BCUT2D eigenvalue weighted by Gasteiger charge is 2.28. The van der Waals surface area contributed by atoms with E-state index in [2.05, 4.69) is 65.7 Å². The van der Waals surface area contributed by atoms with Gasteiger partial charge in [-0.3, -0.25) is 9.89 Å². The summed E-state index contributed by atoms with van der Waals surface area (Å²) in [6, 6.07) is 9.86. The summed E-state index contributed by atoms with van der Waals surface area (Å²) in [5, 5.41) is 6.79. The molecule has 1 aliphatic rings. The van der Waals surface area contributed by atoms with Crippen LogP contribution in [0.25, 0.3) is 0 Å². The number of rotatable bonds is 6. The van der Waals surface area contributed by atoms with E-state index < -0.39 is 0 Å². The first-order valence-corrected chi connectivity index (χ1v) is 7.82. The lowest BCUT2D eigenvalue weighted by Gasteiger charge is -2.25. The quantitative estimate of drug-likeness (QED) is 0.426. The van der Waals surface area contributed by atoms with Crippen molar-refractivity contribution in [2.45, 2.75) is 45.3 Å². The molecule has 1 saturated carbocycles. The summed E-state index contributed by atoms with van der Waals surface area (Å²) in [7, 11) is 4.04. The smallest absolute Gasteiger partial charge is 0.191 e. The molecule has 2 rings (SSSR count). The van der Waals surface area contributed by atoms with E-state index in [9.17, 15) is 0 Å². The fourth-order valence-electron chi connectivity index (χ4n) is 2.46. The predicted molar refractivity (Wildman–Crippen MR) is 105 cm³/mol. The van der Waals surface area contributed by atoms with Crippen molar-refractivity contribution in [3.05, 3.63) is 35.4 Å². The van der Waals surface area contributed by atoms with Gasteiger partial charge in [0.25, 0.3) is 0 Å². The van der Waals surface area contributed by atoms with Crippen molar-refractivity contribution in [2.75, 3.05) is 20.6 Å². The first-order chi connectivity index (χ1) is 10.1. The van der Waals surface area contributed by atoms with Gasteiger partial charge >= 0.3 is 0 Å². The number of hydrogen-bond acceptors (Lipinski definition) is 2. The van der Waals surface area contributed by atoms with Crippen molar-refractivity contribution >= 4 is 29.9 Å². The maximum Gasteiger partial charge on any atom is 0.191 e. The zero-order valence-corrected chi connectivity index (χ0v) is 16.4. The molecular weight excluding hydrogens is 387 g/mol. The molecule has 0 saturated heterocycles. The minimum Gasteiger partial charge on any atom is -0.355 e. The number of nitrogens with one attached hydrogen (secondary N) is 2. The normalized spacial score (nSPS) is 16.1. The van der Waals surface area contributed by atoms with E-state index in [1.54, 1.807) is 0 Å². The van der Waals surface area contributed by atoms with Crippen molar-refractivity contribution in [3.63, 3.8) is 0 Å². The molecule has 0 aliphatic heterocycles. The van der Waals surface area contributed by atoms with E-state index >= 15 is 0 Å². The lowest BCUT2D eigenvalue weighted by molar-refractivity contribution is 0.247. The molecule has 0 radical (unpaired) electrons. The minimum atomic E-state index is 0. The van der Waals surface area contributed by atoms with Crippen LogP contribution in [0.4, 0.5) is 0 Å². The molecule has 1 atom stereocenters. The Morgan fingerprint density at radius 2 is 2.09 bits per heavy atom. The van der Waals surface area contributed by atoms with Gasteiger partial charge in [0.2, 0.25) is 0 Å². The van der Waals surface area contributed by atoms with Crippen LogP contribution < -0.4 is 10.6 Å². The maximum absolute atomic E-state index is 4.29. The van der Waals surface area contributed by atoms with E-state index in [0.29, 0.717) is 6.04 Å². The molecule has 22 heavy (non-hydrogen) atoms. The van der Waals surface area contributed by atoms with E-state index in [-0.39, 0.29) is 24.0 Å². The monoisotopic (exact) mass is 416 g/mol. The summed E-state index contributed by atoms with van der Waals surface area (Å²) in [6.45, 7) is 6.10. The Balaban J connectivity index is 0.00000242. The molecule has 0 aromatic heterocycles. The van der Waals surface area contributed by atoms with Gasteiger partial charge in [-0.05, 0) is 39.3 Å². The molecular formula is C17H29IN4. The number of aryl methyl sites for hydroxylation is 1. The Labute approximate surface area is 151 Å². The molecule has 2 N–H and O–H groups in total. The number of halogens is 1. The second-order valence-corrected chi connectivity index (χ2v) is 6.04.